The minimum atomic E-state index is -0.855. The van der Waals surface area contributed by atoms with E-state index in [1.54, 1.807) is 0 Å². The molecule has 0 saturated carbocycles. The van der Waals surface area contributed by atoms with Gasteiger partial charge in [-0.05, 0) is 36.4 Å². The number of nitrogens with zero attached hydrogens (tertiary/aromatic N) is 4. The van der Waals surface area contributed by atoms with E-state index in [2.05, 4.69) is 9.98 Å². The molecule has 0 bridgehead atoms. The van der Waals surface area contributed by atoms with Crippen LogP contribution in [0.25, 0.3) is 0 Å². The van der Waals surface area contributed by atoms with Crippen LogP contribution in [-0.2, 0) is 4.74 Å². The third kappa shape index (κ3) is 3.20. The zero-order valence-corrected chi connectivity index (χ0v) is 13.5. The Morgan fingerprint density at radius 3 is 2.74 bits per heavy atom. The predicted molar refractivity (Wildman–Crippen MR) is 91.2 cm³/mol. The van der Waals surface area contributed by atoms with Crippen LogP contribution in [0.5, 0.6) is 11.5 Å². The molecule has 0 fully saturated rings. The van der Waals surface area contributed by atoms with Gasteiger partial charge >= 0.3 is 5.69 Å². The zero-order chi connectivity index (χ0) is 19.0. The van der Waals surface area contributed by atoms with Crippen LogP contribution < -0.4 is 4.74 Å². The molecular weight excluding hydrogens is 359 g/mol. The summed E-state index contributed by atoms with van der Waals surface area (Å²) < 4.78 is 24.0. The van der Waals surface area contributed by atoms with Gasteiger partial charge in [-0.3, -0.25) is 15.3 Å². The summed E-state index contributed by atoms with van der Waals surface area (Å²) in [5.74, 6) is -0.0999. The quantitative estimate of drug-likeness (QED) is 0.654. The van der Waals surface area contributed by atoms with E-state index < -0.39 is 17.0 Å². The first-order valence-corrected chi connectivity index (χ1v) is 7.69. The number of hydrogen-bond acceptors (Lipinski definition) is 8. The number of hydroxylamine groups is 2. The Labute approximate surface area is 151 Å². The lowest BCUT2D eigenvalue weighted by Crippen LogP contribution is -2.34. The first-order chi connectivity index (χ1) is 13.0. The minimum Gasteiger partial charge on any atom is -0.450 e. The van der Waals surface area contributed by atoms with Crippen LogP contribution in [0.15, 0.2) is 64.3 Å². The number of nitro groups is 1. The van der Waals surface area contributed by atoms with Crippen molar-refractivity contribution in [3.05, 3.63) is 75.9 Å². The highest BCUT2D eigenvalue weighted by Gasteiger charge is 2.33. The summed E-state index contributed by atoms with van der Waals surface area (Å²) in [4.78, 5) is 18.8. The lowest BCUT2D eigenvalue weighted by atomic mass is 10.2. The van der Waals surface area contributed by atoms with E-state index >= 15 is 0 Å². The smallest absolute Gasteiger partial charge is 0.312 e. The Kier molecular flexibility index (Phi) is 4.01. The molecule has 2 aliphatic rings. The molecule has 2 aromatic carbocycles. The number of hydrogen-bond donors (Lipinski definition) is 1. The Bertz CT molecular complexity index is 1000. The molecule has 0 saturated heterocycles. The number of rotatable bonds is 4. The van der Waals surface area contributed by atoms with Crippen molar-refractivity contribution < 1.29 is 24.0 Å². The molecule has 1 N–H and O–H groups in total. The van der Waals surface area contributed by atoms with Gasteiger partial charge in [-0.15, -0.1) is 0 Å². The van der Waals surface area contributed by atoms with Gasteiger partial charge in [-0.1, -0.05) is 0 Å². The van der Waals surface area contributed by atoms with Gasteiger partial charge in [0.05, 0.1) is 11.1 Å². The van der Waals surface area contributed by atoms with Crippen molar-refractivity contribution in [1.29, 1.82) is 0 Å². The van der Waals surface area contributed by atoms with Crippen molar-refractivity contribution in [3.63, 3.8) is 0 Å². The zero-order valence-electron chi connectivity index (χ0n) is 13.5. The largest absolute Gasteiger partial charge is 0.450 e. The van der Waals surface area contributed by atoms with E-state index in [0.29, 0.717) is 11.3 Å². The number of aliphatic imine (C=N–C) groups is 2. The van der Waals surface area contributed by atoms with Crippen LogP contribution in [0.3, 0.4) is 0 Å². The van der Waals surface area contributed by atoms with E-state index in [1.165, 1.54) is 48.7 Å². The van der Waals surface area contributed by atoms with Crippen LogP contribution in [0.1, 0.15) is 5.56 Å². The van der Waals surface area contributed by atoms with Crippen LogP contribution in [-0.4, -0.2) is 33.7 Å². The molecule has 0 aromatic heterocycles. The maximum atomic E-state index is 13.0. The molecule has 10 heteroatoms. The summed E-state index contributed by atoms with van der Waals surface area (Å²) >= 11 is 0. The molecule has 27 heavy (non-hydrogen) atoms. The third-order valence-corrected chi connectivity index (χ3v) is 3.78. The molecule has 0 spiro atoms. The highest BCUT2D eigenvalue weighted by atomic mass is 19.1. The topological polar surface area (TPSA) is 110 Å². The van der Waals surface area contributed by atoms with Crippen molar-refractivity contribution in [3.8, 4) is 11.5 Å². The standard InChI is InChI=1S/C17H11FN4O5/c18-11-2-4-12(5-3-11)26-15-6-1-10(7-14(15)22(24)25)16-20-13-8-19-9-21(23)17(13)27-16/h1-9,17,23H. The Morgan fingerprint density at radius 2 is 2.04 bits per heavy atom. The van der Waals surface area contributed by atoms with Gasteiger partial charge in [0.15, 0.2) is 0 Å². The molecule has 2 aromatic rings. The molecule has 4 rings (SSSR count). The lowest BCUT2D eigenvalue weighted by molar-refractivity contribution is -0.385. The van der Waals surface area contributed by atoms with Crippen molar-refractivity contribution in [2.24, 2.45) is 9.98 Å². The highest BCUT2D eigenvalue weighted by molar-refractivity contribution is 5.97. The summed E-state index contributed by atoms with van der Waals surface area (Å²) in [7, 11) is 0. The first-order valence-electron chi connectivity index (χ1n) is 7.69. The number of nitro benzene ring substituents is 1. The van der Waals surface area contributed by atoms with Crippen LogP contribution in [0, 0.1) is 15.9 Å². The third-order valence-electron chi connectivity index (χ3n) is 3.78. The number of halogens is 1. The Morgan fingerprint density at radius 1 is 1.26 bits per heavy atom. The maximum absolute atomic E-state index is 13.0. The molecule has 0 amide bonds. The van der Waals surface area contributed by atoms with Gasteiger partial charge in [0.25, 0.3) is 0 Å². The second-order valence-electron chi connectivity index (χ2n) is 5.58. The molecular formula is C17H11FN4O5. The van der Waals surface area contributed by atoms with Gasteiger partial charge in [0.2, 0.25) is 17.9 Å². The van der Waals surface area contributed by atoms with Gasteiger partial charge in [0, 0.05) is 11.6 Å². The molecule has 0 aliphatic carbocycles. The predicted octanol–water partition coefficient (Wildman–Crippen LogP) is 3.20. The summed E-state index contributed by atoms with van der Waals surface area (Å²) in [5.41, 5.74) is 0.380. The number of benzene rings is 2. The monoisotopic (exact) mass is 370 g/mol. The molecule has 136 valence electrons. The fourth-order valence-electron chi connectivity index (χ4n) is 2.53. The summed E-state index contributed by atoms with van der Waals surface area (Å²) in [6.45, 7) is 0. The van der Waals surface area contributed by atoms with Crippen molar-refractivity contribution in [2.45, 2.75) is 6.23 Å². The average molecular weight is 370 g/mol. The normalized spacial score (nSPS) is 17.7. The fraction of sp³-hybridized carbons (Fsp3) is 0.0588. The average Bonchev–Trinajstić information content (AvgIpc) is 3.09. The molecule has 9 nitrogen and oxygen atoms in total. The van der Waals surface area contributed by atoms with Crippen molar-refractivity contribution in [1.82, 2.24) is 5.06 Å². The second-order valence-corrected chi connectivity index (χ2v) is 5.58. The molecule has 1 unspecified atom stereocenters. The maximum Gasteiger partial charge on any atom is 0.312 e. The van der Waals surface area contributed by atoms with Crippen molar-refractivity contribution in [2.75, 3.05) is 0 Å². The van der Waals surface area contributed by atoms with Gasteiger partial charge in [-0.2, -0.15) is 0 Å². The lowest BCUT2D eigenvalue weighted by Gasteiger charge is -2.21. The number of ether oxygens (including phenoxy) is 2. The fourth-order valence-corrected chi connectivity index (χ4v) is 2.53. The Hall–Kier alpha value is -3.79. The van der Waals surface area contributed by atoms with Crippen LogP contribution >= 0.6 is 0 Å². The number of fused-ring (bicyclic) bond motifs is 1. The second kappa shape index (κ2) is 6.50. The van der Waals surface area contributed by atoms with Crippen LogP contribution in [0.2, 0.25) is 0 Å². The molecule has 2 aliphatic heterocycles. The van der Waals surface area contributed by atoms with Gasteiger partial charge in [-0.25, -0.2) is 19.4 Å². The molecule has 0 radical (unpaired) electrons. The molecule has 2 heterocycles. The van der Waals surface area contributed by atoms with Gasteiger partial charge < -0.3 is 9.47 Å². The van der Waals surface area contributed by atoms with Gasteiger partial charge in [0.1, 0.15) is 23.6 Å². The van der Waals surface area contributed by atoms with Crippen LogP contribution in [0.4, 0.5) is 10.1 Å². The minimum absolute atomic E-state index is 0.0160. The van der Waals surface area contributed by atoms with E-state index in [-0.39, 0.29) is 23.1 Å². The van der Waals surface area contributed by atoms with Crippen molar-refractivity contribution >= 4 is 17.9 Å². The van der Waals surface area contributed by atoms with E-state index in [0.717, 1.165) is 11.4 Å². The SMILES string of the molecule is O=[N+]([O-])c1cc(C2=NC3=CN=CN(O)C3O2)ccc1Oc1ccc(F)cc1. The first kappa shape index (κ1) is 16.7. The van der Waals surface area contributed by atoms with E-state index in [1.807, 2.05) is 0 Å². The van der Waals surface area contributed by atoms with E-state index in [4.69, 9.17) is 9.47 Å². The molecule has 1 atom stereocenters. The van der Waals surface area contributed by atoms with E-state index in [9.17, 15) is 19.7 Å². The summed E-state index contributed by atoms with van der Waals surface area (Å²) in [5, 5.41) is 21.9. The summed E-state index contributed by atoms with van der Waals surface area (Å²) in [6, 6.07) is 9.29. The summed E-state index contributed by atoms with van der Waals surface area (Å²) in [6.07, 6.45) is 1.73. The highest BCUT2D eigenvalue weighted by Crippen LogP contribution is 2.34. The Balaban J connectivity index is 1.65.